The zero-order valence-corrected chi connectivity index (χ0v) is 17.9. The van der Waals surface area contributed by atoms with Crippen LogP contribution < -0.4 is 14.4 Å². The SMILES string of the molecule is CCOc1ccc(N(CC(=O)NC(C)(C)C)S(=O)(=O)c2c(C)noc2C)cc1. The van der Waals surface area contributed by atoms with E-state index in [0.717, 1.165) is 4.31 Å². The van der Waals surface area contributed by atoms with Crippen molar-refractivity contribution in [3.05, 3.63) is 35.7 Å². The van der Waals surface area contributed by atoms with Crippen LogP contribution in [-0.4, -0.2) is 38.2 Å². The lowest BCUT2D eigenvalue weighted by atomic mass is 10.1. The molecular weight excluding hydrogens is 382 g/mol. The van der Waals surface area contributed by atoms with Crippen molar-refractivity contribution >= 4 is 21.6 Å². The Hall–Kier alpha value is -2.55. The van der Waals surface area contributed by atoms with Gasteiger partial charge in [-0.25, -0.2) is 8.42 Å². The summed E-state index contributed by atoms with van der Waals surface area (Å²) in [7, 11) is -4.07. The summed E-state index contributed by atoms with van der Waals surface area (Å²) in [5, 5.41) is 6.52. The van der Waals surface area contributed by atoms with Gasteiger partial charge in [0, 0.05) is 5.54 Å². The molecule has 8 nitrogen and oxygen atoms in total. The van der Waals surface area contributed by atoms with Crippen molar-refractivity contribution in [3.63, 3.8) is 0 Å². The van der Waals surface area contributed by atoms with Crippen molar-refractivity contribution in [2.45, 2.75) is 52.0 Å². The molecule has 0 atom stereocenters. The fourth-order valence-electron chi connectivity index (χ4n) is 2.73. The van der Waals surface area contributed by atoms with E-state index in [0.29, 0.717) is 18.0 Å². The van der Waals surface area contributed by atoms with Crippen molar-refractivity contribution in [2.24, 2.45) is 0 Å². The molecule has 1 aromatic heterocycles. The Kier molecular flexibility index (Phi) is 6.38. The number of hydrogen-bond acceptors (Lipinski definition) is 6. The summed E-state index contributed by atoms with van der Waals surface area (Å²) in [6.45, 7) is 10.5. The Morgan fingerprint density at radius 3 is 2.29 bits per heavy atom. The molecule has 0 radical (unpaired) electrons. The van der Waals surface area contributed by atoms with E-state index in [1.54, 1.807) is 31.2 Å². The van der Waals surface area contributed by atoms with Gasteiger partial charge in [0.25, 0.3) is 10.0 Å². The average molecular weight is 410 g/mol. The Morgan fingerprint density at radius 2 is 1.82 bits per heavy atom. The molecule has 2 rings (SSSR count). The lowest BCUT2D eigenvalue weighted by molar-refractivity contribution is -0.121. The first-order valence-electron chi connectivity index (χ1n) is 8.95. The average Bonchev–Trinajstić information content (AvgIpc) is 2.91. The number of benzene rings is 1. The minimum Gasteiger partial charge on any atom is -0.494 e. The minimum absolute atomic E-state index is 0.0371. The zero-order chi connectivity index (χ0) is 21.1. The number of rotatable bonds is 7. The molecule has 154 valence electrons. The summed E-state index contributed by atoms with van der Waals surface area (Å²) in [4.78, 5) is 12.5. The fourth-order valence-corrected chi connectivity index (χ4v) is 4.45. The van der Waals surface area contributed by atoms with Crippen molar-refractivity contribution in [2.75, 3.05) is 17.5 Å². The second-order valence-corrected chi connectivity index (χ2v) is 9.19. The van der Waals surface area contributed by atoms with Gasteiger partial charge in [-0.3, -0.25) is 9.10 Å². The summed E-state index contributed by atoms with van der Waals surface area (Å²) in [5.74, 6) is 0.362. The van der Waals surface area contributed by atoms with Gasteiger partial charge < -0.3 is 14.6 Å². The number of aryl methyl sites for hydroxylation is 2. The van der Waals surface area contributed by atoms with Gasteiger partial charge in [-0.05, 0) is 65.8 Å². The van der Waals surface area contributed by atoms with E-state index >= 15 is 0 Å². The maximum atomic E-state index is 13.4. The van der Waals surface area contributed by atoms with Crippen LogP contribution in [0.15, 0.2) is 33.7 Å². The molecule has 1 aromatic carbocycles. The molecule has 0 saturated heterocycles. The van der Waals surface area contributed by atoms with Crippen LogP contribution in [0.2, 0.25) is 0 Å². The number of carbonyl (C=O) groups excluding carboxylic acids is 1. The molecule has 0 saturated carbocycles. The van der Waals surface area contributed by atoms with Crippen LogP contribution in [-0.2, 0) is 14.8 Å². The van der Waals surface area contributed by atoms with Crippen molar-refractivity contribution in [3.8, 4) is 5.75 Å². The number of hydrogen-bond donors (Lipinski definition) is 1. The van der Waals surface area contributed by atoms with Crippen LogP contribution in [0.1, 0.15) is 39.1 Å². The molecule has 0 aliphatic carbocycles. The molecule has 0 fully saturated rings. The predicted octanol–water partition coefficient (Wildman–Crippen LogP) is 2.80. The topological polar surface area (TPSA) is 102 Å². The first-order chi connectivity index (χ1) is 13.0. The molecule has 1 amide bonds. The van der Waals surface area contributed by atoms with Gasteiger partial charge in [0.05, 0.1) is 12.3 Å². The smallest absolute Gasteiger partial charge is 0.270 e. The van der Waals surface area contributed by atoms with Gasteiger partial charge in [-0.1, -0.05) is 5.16 Å². The summed E-state index contributed by atoms with van der Waals surface area (Å²) >= 11 is 0. The maximum Gasteiger partial charge on any atom is 0.270 e. The molecule has 1 N–H and O–H groups in total. The van der Waals surface area contributed by atoms with E-state index in [2.05, 4.69) is 10.5 Å². The highest BCUT2D eigenvalue weighted by atomic mass is 32.2. The second-order valence-electron chi connectivity index (χ2n) is 7.39. The van der Waals surface area contributed by atoms with E-state index in [9.17, 15) is 13.2 Å². The first-order valence-corrected chi connectivity index (χ1v) is 10.4. The largest absolute Gasteiger partial charge is 0.494 e. The first kappa shape index (κ1) is 21.7. The second kappa shape index (κ2) is 8.22. The monoisotopic (exact) mass is 409 g/mol. The van der Waals surface area contributed by atoms with E-state index in [1.807, 2.05) is 27.7 Å². The molecule has 28 heavy (non-hydrogen) atoms. The molecule has 0 aliphatic heterocycles. The van der Waals surface area contributed by atoms with Gasteiger partial charge in [0.1, 0.15) is 18.0 Å². The Bertz CT molecular complexity index is 908. The highest BCUT2D eigenvalue weighted by Gasteiger charge is 2.33. The highest BCUT2D eigenvalue weighted by Crippen LogP contribution is 2.29. The van der Waals surface area contributed by atoms with Crippen LogP contribution >= 0.6 is 0 Å². The number of nitrogens with one attached hydrogen (secondary N) is 1. The van der Waals surface area contributed by atoms with Gasteiger partial charge in [0.2, 0.25) is 5.91 Å². The normalized spacial score (nSPS) is 11.9. The molecule has 9 heteroatoms. The summed E-state index contributed by atoms with van der Waals surface area (Å²) < 4.78 is 38.2. The third-order valence-corrected chi connectivity index (χ3v) is 5.77. The standard InChI is InChI=1S/C19H27N3O5S/c1-7-26-16-10-8-15(9-11-16)22(12-17(23)20-19(4,5)6)28(24,25)18-13(2)21-27-14(18)3/h8-11H,7,12H2,1-6H3,(H,20,23). The van der Waals surface area contributed by atoms with Crippen LogP contribution in [0, 0.1) is 13.8 Å². The van der Waals surface area contributed by atoms with Crippen molar-refractivity contribution in [1.29, 1.82) is 0 Å². The van der Waals surface area contributed by atoms with Gasteiger partial charge in [-0.15, -0.1) is 0 Å². The van der Waals surface area contributed by atoms with Crippen LogP contribution in [0.25, 0.3) is 0 Å². The van der Waals surface area contributed by atoms with E-state index < -0.39 is 21.5 Å². The number of amides is 1. The maximum absolute atomic E-state index is 13.4. The van der Waals surface area contributed by atoms with Gasteiger partial charge >= 0.3 is 0 Å². The number of sulfonamides is 1. The quantitative estimate of drug-likeness (QED) is 0.754. The summed E-state index contributed by atoms with van der Waals surface area (Å²) in [5.41, 5.74) is 0.0890. The Balaban J connectivity index is 2.48. The Labute approximate surface area is 165 Å². The lowest BCUT2D eigenvalue weighted by Gasteiger charge is -2.27. The third kappa shape index (κ3) is 5.03. The molecular formula is C19H27N3O5S. The van der Waals surface area contributed by atoms with E-state index in [1.165, 1.54) is 6.92 Å². The molecule has 0 aliphatic rings. The van der Waals surface area contributed by atoms with Crippen molar-refractivity contribution in [1.82, 2.24) is 10.5 Å². The number of nitrogens with zero attached hydrogens (tertiary/aromatic N) is 2. The van der Waals surface area contributed by atoms with Crippen molar-refractivity contribution < 1.29 is 22.5 Å². The molecule has 0 spiro atoms. The molecule has 0 unspecified atom stereocenters. The fraction of sp³-hybridized carbons (Fsp3) is 0.474. The van der Waals surface area contributed by atoms with Crippen LogP contribution in [0.5, 0.6) is 5.75 Å². The highest BCUT2D eigenvalue weighted by molar-refractivity contribution is 7.93. The van der Waals surface area contributed by atoms with E-state index in [4.69, 9.17) is 9.26 Å². The zero-order valence-electron chi connectivity index (χ0n) is 17.1. The lowest BCUT2D eigenvalue weighted by Crippen LogP contribution is -2.47. The van der Waals surface area contributed by atoms with Gasteiger partial charge in [0.15, 0.2) is 10.7 Å². The molecule has 1 heterocycles. The van der Waals surface area contributed by atoms with Crippen LogP contribution in [0.3, 0.4) is 0 Å². The summed E-state index contributed by atoms with van der Waals surface area (Å²) in [6, 6.07) is 6.53. The Morgan fingerprint density at radius 1 is 1.21 bits per heavy atom. The number of anilines is 1. The van der Waals surface area contributed by atoms with Gasteiger partial charge in [-0.2, -0.15) is 0 Å². The van der Waals surface area contributed by atoms with Crippen LogP contribution in [0.4, 0.5) is 5.69 Å². The minimum atomic E-state index is -4.07. The molecule has 0 bridgehead atoms. The number of carbonyl (C=O) groups is 1. The third-order valence-electron chi connectivity index (χ3n) is 3.75. The predicted molar refractivity (Wildman–Crippen MR) is 106 cm³/mol. The number of aromatic nitrogens is 1. The van der Waals surface area contributed by atoms with E-state index in [-0.39, 0.29) is 22.9 Å². The summed E-state index contributed by atoms with van der Waals surface area (Å²) in [6.07, 6.45) is 0. The molecule has 2 aromatic rings. The number of ether oxygens (including phenoxy) is 1.